The molecule has 0 unspecified atom stereocenters. The summed E-state index contributed by atoms with van der Waals surface area (Å²) in [5.74, 6) is -0.555. The Kier molecular flexibility index (Phi) is 3.84. The molecule has 0 radical (unpaired) electrons. The maximum Gasteiger partial charge on any atom is 0.337 e. The minimum Gasteiger partial charge on any atom is -0.465 e. The van der Waals surface area contributed by atoms with Gasteiger partial charge in [0.15, 0.2) is 0 Å². The second-order valence-corrected chi connectivity index (χ2v) is 6.04. The Hall–Kier alpha value is -3.75. The molecule has 0 bridgehead atoms. The summed E-state index contributed by atoms with van der Waals surface area (Å²) >= 11 is 0. The third kappa shape index (κ3) is 2.69. The number of esters is 1. The van der Waals surface area contributed by atoms with E-state index in [1.807, 2.05) is 0 Å². The summed E-state index contributed by atoms with van der Waals surface area (Å²) in [6.45, 7) is 0.0483. The smallest absolute Gasteiger partial charge is 0.337 e. The minimum absolute atomic E-state index is 0.0483. The topological polar surface area (TPSA) is 109 Å². The first-order chi connectivity index (χ1) is 13.0. The van der Waals surface area contributed by atoms with Crippen LogP contribution >= 0.6 is 0 Å². The molecule has 0 saturated carbocycles. The number of methoxy groups -OCH3 is 1. The molecule has 136 valence electrons. The molecule has 2 aromatic carbocycles. The normalized spacial score (nSPS) is 11.2. The van der Waals surface area contributed by atoms with Crippen molar-refractivity contribution in [2.45, 2.75) is 6.54 Å². The molecular formula is C18H14N4O5. The Labute approximate surface area is 151 Å². The van der Waals surface area contributed by atoms with Gasteiger partial charge in [-0.25, -0.2) is 14.2 Å². The van der Waals surface area contributed by atoms with Gasteiger partial charge in [-0.15, -0.1) is 0 Å². The fraction of sp³-hybridized carbons (Fsp3) is 0.167. The van der Waals surface area contributed by atoms with Crippen molar-refractivity contribution in [3.05, 3.63) is 68.4 Å². The molecule has 0 aliphatic carbocycles. The summed E-state index contributed by atoms with van der Waals surface area (Å²) in [5.41, 5.74) is 1.54. The van der Waals surface area contributed by atoms with E-state index < -0.39 is 17.2 Å². The van der Waals surface area contributed by atoms with E-state index in [1.165, 1.54) is 23.8 Å². The molecule has 2 aromatic heterocycles. The van der Waals surface area contributed by atoms with E-state index in [-0.39, 0.29) is 17.5 Å². The van der Waals surface area contributed by atoms with Gasteiger partial charge in [0.25, 0.3) is 5.56 Å². The van der Waals surface area contributed by atoms with E-state index in [0.29, 0.717) is 22.1 Å². The molecule has 9 nitrogen and oxygen atoms in total. The highest BCUT2D eigenvalue weighted by Crippen LogP contribution is 2.14. The van der Waals surface area contributed by atoms with Crippen LogP contribution < -0.4 is 11.2 Å². The van der Waals surface area contributed by atoms with Crippen molar-refractivity contribution in [1.29, 1.82) is 0 Å². The first-order valence-electron chi connectivity index (χ1n) is 8.02. The van der Waals surface area contributed by atoms with E-state index in [0.717, 1.165) is 4.57 Å². The number of rotatable bonds is 3. The molecule has 2 heterocycles. The van der Waals surface area contributed by atoms with Gasteiger partial charge in [0.05, 0.1) is 30.1 Å². The highest BCUT2D eigenvalue weighted by molar-refractivity contribution is 5.94. The number of carbonyl (C=O) groups is 1. The maximum absolute atomic E-state index is 12.9. The van der Waals surface area contributed by atoms with Crippen molar-refractivity contribution < 1.29 is 14.2 Å². The highest BCUT2D eigenvalue weighted by Gasteiger charge is 2.15. The van der Waals surface area contributed by atoms with Gasteiger partial charge in [-0.1, -0.05) is 6.07 Å². The Morgan fingerprint density at radius 3 is 2.67 bits per heavy atom. The fourth-order valence-corrected chi connectivity index (χ4v) is 3.01. The molecule has 0 fully saturated rings. The van der Waals surface area contributed by atoms with E-state index in [9.17, 15) is 14.4 Å². The van der Waals surface area contributed by atoms with Gasteiger partial charge < -0.3 is 4.74 Å². The number of nitrogens with zero attached hydrogens (tertiary/aromatic N) is 4. The van der Waals surface area contributed by atoms with Gasteiger partial charge in [-0.05, 0) is 46.2 Å². The summed E-state index contributed by atoms with van der Waals surface area (Å²) < 4.78 is 11.8. The number of carbonyl (C=O) groups excluding carboxylic acids is 1. The van der Waals surface area contributed by atoms with Gasteiger partial charge in [0.1, 0.15) is 11.0 Å². The molecule has 4 aromatic rings. The lowest BCUT2D eigenvalue weighted by Gasteiger charge is -2.11. The molecular weight excluding hydrogens is 352 g/mol. The average Bonchev–Trinajstić information content (AvgIpc) is 3.16. The molecule has 0 N–H and O–H groups in total. The van der Waals surface area contributed by atoms with Crippen molar-refractivity contribution in [2.24, 2.45) is 7.05 Å². The molecule has 0 spiro atoms. The number of benzene rings is 2. The number of aryl methyl sites for hydroxylation is 1. The van der Waals surface area contributed by atoms with Crippen LogP contribution in [0.4, 0.5) is 0 Å². The van der Waals surface area contributed by atoms with Crippen molar-refractivity contribution >= 4 is 27.9 Å². The van der Waals surface area contributed by atoms with Crippen LogP contribution in [0.15, 0.2) is 50.6 Å². The Morgan fingerprint density at radius 2 is 1.89 bits per heavy atom. The molecule has 4 rings (SSSR count). The number of aromatic nitrogens is 4. The number of fused-ring (bicyclic) bond motifs is 2. The number of hydrogen-bond acceptors (Lipinski definition) is 7. The highest BCUT2D eigenvalue weighted by atomic mass is 16.6. The lowest BCUT2D eigenvalue weighted by molar-refractivity contribution is 0.0601. The van der Waals surface area contributed by atoms with Crippen LogP contribution in [0.1, 0.15) is 15.9 Å². The van der Waals surface area contributed by atoms with Crippen molar-refractivity contribution in [3.63, 3.8) is 0 Å². The first-order valence-corrected chi connectivity index (χ1v) is 8.02. The zero-order chi connectivity index (χ0) is 19.1. The van der Waals surface area contributed by atoms with E-state index in [4.69, 9.17) is 4.74 Å². The summed E-state index contributed by atoms with van der Waals surface area (Å²) in [6, 6.07) is 9.66. The molecule has 27 heavy (non-hydrogen) atoms. The van der Waals surface area contributed by atoms with Gasteiger partial charge >= 0.3 is 11.7 Å². The van der Waals surface area contributed by atoms with Gasteiger partial charge in [-0.2, -0.15) is 0 Å². The fourth-order valence-electron chi connectivity index (χ4n) is 3.01. The quantitative estimate of drug-likeness (QED) is 0.499. The summed E-state index contributed by atoms with van der Waals surface area (Å²) in [6.07, 6.45) is 0. The molecule has 0 atom stereocenters. The van der Waals surface area contributed by atoms with Gasteiger partial charge in [0.2, 0.25) is 0 Å². The van der Waals surface area contributed by atoms with E-state index in [1.54, 1.807) is 31.3 Å². The SMILES string of the molecule is COC(=O)c1ccc2c(c1)c(=O)n(Cc1ccc3nonc3c1)c(=O)n2C. The van der Waals surface area contributed by atoms with Crippen LogP contribution in [-0.2, 0) is 18.3 Å². The number of hydrogen-bond donors (Lipinski definition) is 0. The monoisotopic (exact) mass is 366 g/mol. The predicted molar refractivity (Wildman–Crippen MR) is 95.7 cm³/mol. The van der Waals surface area contributed by atoms with Crippen molar-refractivity contribution in [1.82, 2.24) is 19.4 Å². The summed E-state index contributed by atoms with van der Waals surface area (Å²) in [5, 5.41) is 7.75. The van der Waals surface area contributed by atoms with Gasteiger partial charge in [-0.3, -0.25) is 13.9 Å². The van der Waals surface area contributed by atoms with Crippen LogP contribution in [0.3, 0.4) is 0 Å². The second kappa shape index (κ2) is 6.20. The van der Waals surface area contributed by atoms with E-state index in [2.05, 4.69) is 14.9 Å². The Balaban J connectivity index is 1.89. The number of ether oxygens (including phenoxy) is 1. The zero-order valence-electron chi connectivity index (χ0n) is 14.5. The lowest BCUT2D eigenvalue weighted by Crippen LogP contribution is -2.39. The standard InChI is InChI=1S/C18H14N4O5/c1-21-15-6-4-11(17(24)26-2)8-12(15)16(23)22(18(21)25)9-10-3-5-13-14(7-10)20-27-19-13/h3-8H,9H2,1-2H3. The van der Waals surface area contributed by atoms with E-state index >= 15 is 0 Å². The van der Waals surface area contributed by atoms with Crippen molar-refractivity contribution in [3.8, 4) is 0 Å². The molecule has 9 heteroatoms. The van der Waals surface area contributed by atoms with Crippen LogP contribution in [0, 0.1) is 0 Å². The zero-order valence-corrected chi connectivity index (χ0v) is 14.5. The summed E-state index contributed by atoms with van der Waals surface area (Å²) in [4.78, 5) is 37.4. The summed E-state index contributed by atoms with van der Waals surface area (Å²) in [7, 11) is 2.84. The first kappa shape index (κ1) is 16.7. The molecule has 0 aliphatic rings. The van der Waals surface area contributed by atoms with Crippen LogP contribution in [0.2, 0.25) is 0 Å². The predicted octanol–water partition coefficient (Wildman–Crippen LogP) is 1.07. The lowest BCUT2D eigenvalue weighted by atomic mass is 10.1. The largest absolute Gasteiger partial charge is 0.465 e. The van der Waals surface area contributed by atoms with Crippen LogP contribution in [0.5, 0.6) is 0 Å². The maximum atomic E-state index is 12.9. The second-order valence-electron chi connectivity index (χ2n) is 6.04. The molecule has 0 saturated heterocycles. The third-order valence-corrected chi connectivity index (χ3v) is 4.43. The Morgan fingerprint density at radius 1 is 1.11 bits per heavy atom. The van der Waals surface area contributed by atoms with Crippen molar-refractivity contribution in [2.75, 3.05) is 7.11 Å². The van der Waals surface area contributed by atoms with Crippen LogP contribution in [-0.4, -0.2) is 32.5 Å². The minimum atomic E-state index is -0.555. The average molecular weight is 366 g/mol. The molecule has 0 amide bonds. The Bertz CT molecular complexity index is 1320. The van der Waals surface area contributed by atoms with Gasteiger partial charge in [0, 0.05) is 7.05 Å². The molecule has 0 aliphatic heterocycles. The third-order valence-electron chi connectivity index (χ3n) is 4.43. The van der Waals surface area contributed by atoms with Crippen LogP contribution in [0.25, 0.3) is 21.9 Å².